The summed E-state index contributed by atoms with van der Waals surface area (Å²) in [5.74, 6) is 0. The zero-order valence-corrected chi connectivity index (χ0v) is 67.6. The Hall–Kier alpha value is -15.8. The van der Waals surface area contributed by atoms with Gasteiger partial charge in [0.15, 0.2) is 27.9 Å². The Kier molecular flexibility index (Phi) is 19.4. The number of rotatable bonds is 5. The van der Waals surface area contributed by atoms with E-state index < -0.39 is 0 Å². The SMILES string of the molecule is Cc1ccc2c(c1)c1ccccc1n2-c1ccccc1.Cc1ccc2oc3cccnc3c2n1.Cc1cccc(-c2cccc(-n3c4ccccc4c4ccccc43)c2)c1.Cc1ccnc2c1oc1cccnc12.Cc1nccc2c1oc1ccccc12.Cn1c2ccccc2c2cc(-c3ccc4c(c3)c3ccccc3n4-c3ccccc3)ccc21. The lowest BCUT2D eigenvalue weighted by Crippen LogP contribution is -1.94. The van der Waals surface area contributed by atoms with Crippen molar-refractivity contribution in [1.29, 1.82) is 0 Å². The van der Waals surface area contributed by atoms with E-state index in [2.05, 4.69) is 355 Å². The van der Waals surface area contributed by atoms with E-state index in [4.69, 9.17) is 13.3 Å². The van der Waals surface area contributed by atoms with Crippen molar-refractivity contribution in [2.75, 3.05) is 0 Å². The van der Waals surface area contributed by atoms with E-state index in [1.165, 1.54) is 138 Å². The first-order valence-corrected chi connectivity index (χ1v) is 40.7. The van der Waals surface area contributed by atoms with Crippen molar-refractivity contribution in [2.45, 2.75) is 34.6 Å². The van der Waals surface area contributed by atoms with E-state index in [1.54, 1.807) is 18.6 Å². The fraction of sp³-hybridized carbons (Fsp3) is 0.0550. The predicted molar refractivity (Wildman–Crippen MR) is 501 cm³/mol. The average Bonchev–Trinajstić information content (AvgIpc) is 1.59. The molecule has 121 heavy (non-hydrogen) atoms. The minimum atomic E-state index is 0.792. The maximum Gasteiger partial charge on any atom is 0.158 e. The first-order chi connectivity index (χ1) is 59.5. The molecular formula is C109H81N9O3. The summed E-state index contributed by atoms with van der Waals surface area (Å²) in [4.78, 5) is 21.4. The van der Waals surface area contributed by atoms with Crippen LogP contribution in [0.15, 0.2) is 396 Å². The Morgan fingerprint density at radius 3 is 1.26 bits per heavy atom. The second kappa shape index (κ2) is 31.7. The average molecular weight is 1560 g/mol. The van der Waals surface area contributed by atoms with Crippen LogP contribution >= 0.6 is 0 Å². The Morgan fingerprint density at radius 1 is 0.231 bits per heavy atom. The number of fused-ring (bicyclic) bond motifs is 21. The highest BCUT2D eigenvalue weighted by molar-refractivity contribution is 6.14. The third-order valence-corrected chi connectivity index (χ3v) is 22.8. The molecule has 13 aromatic carbocycles. The molecule has 0 radical (unpaired) electrons. The van der Waals surface area contributed by atoms with Gasteiger partial charge in [-0.1, -0.05) is 211 Å². The molecule has 580 valence electrons. The third kappa shape index (κ3) is 13.9. The lowest BCUT2D eigenvalue weighted by atomic mass is 10.0. The van der Waals surface area contributed by atoms with Gasteiger partial charge in [-0.15, -0.1) is 0 Å². The molecule has 0 spiro atoms. The summed E-state index contributed by atoms with van der Waals surface area (Å²) >= 11 is 0. The maximum atomic E-state index is 5.72. The largest absolute Gasteiger partial charge is 0.454 e. The summed E-state index contributed by atoms with van der Waals surface area (Å²) in [5.41, 5.74) is 32.6. The highest BCUT2D eigenvalue weighted by Crippen LogP contribution is 2.40. The molecule has 0 fully saturated rings. The predicted octanol–water partition coefficient (Wildman–Crippen LogP) is 28.6. The molecule has 0 N–H and O–H groups in total. The van der Waals surface area contributed by atoms with Gasteiger partial charge in [-0.3, -0.25) is 19.9 Å². The number of aromatic nitrogens is 9. The maximum absolute atomic E-state index is 5.72. The first-order valence-electron chi connectivity index (χ1n) is 40.7. The molecule has 0 saturated carbocycles. The summed E-state index contributed by atoms with van der Waals surface area (Å²) in [5, 5.41) is 12.7. The molecule has 25 rings (SSSR count). The van der Waals surface area contributed by atoms with Gasteiger partial charge in [0, 0.05) is 119 Å². The van der Waals surface area contributed by atoms with Crippen LogP contribution in [0.4, 0.5) is 0 Å². The minimum absolute atomic E-state index is 0.792. The number of hydrogen-bond acceptors (Lipinski definition) is 8. The number of aryl methyl sites for hydroxylation is 6. The molecule has 0 unspecified atom stereocenters. The number of nitrogens with zero attached hydrogens (tertiary/aromatic N) is 9. The van der Waals surface area contributed by atoms with Crippen LogP contribution in [-0.4, -0.2) is 43.2 Å². The molecule has 0 atom stereocenters. The van der Waals surface area contributed by atoms with Crippen molar-refractivity contribution in [3.8, 4) is 39.3 Å². The molecule has 0 amide bonds. The van der Waals surface area contributed by atoms with E-state index in [0.29, 0.717) is 0 Å². The number of benzene rings is 13. The summed E-state index contributed by atoms with van der Waals surface area (Å²) in [6.45, 7) is 10.2. The Bertz CT molecular complexity index is 8020. The van der Waals surface area contributed by atoms with E-state index in [9.17, 15) is 0 Å². The van der Waals surface area contributed by atoms with E-state index in [0.717, 1.165) is 83.3 Å². The van der Waals surface area contributed by atoms with Crippen LogP contribution in [-0.2, 0) is 7.05 Å². The van der Waals surface area contributed by atoms with Crippen LogP contribution in [0.1, 0.15) is 28.1 Å². The van der Waals surface area contributed by atoms with Gasteiger partial charge in [0.2, 0.25) is 0 Å². The Balaban J connectivity index is 0.0000000957. The zero-order valence-electron chi connectivity index (χ0n) is 67.6. The van der Waals surface area contributed by atoms with E-state index >= 15 is 0 Å². The number of pyridine rings is 5. The fourth-order valence-corrected chi connectivity index (χ4v) is 17.1. The van der Waals surface area contributed by atoms with Crippen LogP contribution in [0.5, 0.6) is 0 Å². The van der Waals surface area contributed by atoms with Gasteiger partial charge in [-0.2, -0.15) is 0 Å². The second-order valence-electron chi connectivity index (χ2n) is 30.6. The second-order valence-corrected chi connectivity index (χ2v) is 30.6. The smallest absolute Gasteiger partial charge is 0.158 e. The van der Waals surface area contributed by atoms with Crippen molar-refractivity contribution >= 4 is 154 Å². The molecule has 0 aliphatic carbocycles. The number of furan rings is 3. The molecule has 12 heteroatoms. The van der Waals surface area contributed by atoms with Gasteiger partial charge in [-0.05, 0) is 220 Å². The topological polar surface area (TPSA) is 124 Å². The summed E-state index contributed by atoms with van der Waals surface area (Å²) in [6, 6.07) is 126. The summed E-state index contributed by atoms with van der Waals surface area (Å²) in [6.07, 6.45) is 7.10. The number of para-hydroxylation sites is 8. The molecule has 0 aliphatic heterocycles. The normalized spacial score (nSPS) is 11.4. The standard InChI is InChI=1S/C31H22N2.C25H19N.C19H15N.C12H9NO.2C11H8N2O/c1-32-28-13-7-5-11-24(28)26-19-21(15-17-29(26)32)22-16-18-31-27(20-22)25-12-6-8-14-30(25)33(31)23-9-3-2-4-10-23;1-18-8-6-9-19(16-18)20-10-7-11-21(17-20)26-24-14-4-2-12-22(24)23-13-3-5-15-25(23)26;1-14-11-12-19-17(13-14)16-9-5-6-10-18(16)20(19)15-7-3-2-4-8-15;1-8-12-10(6-7-13-8)9-4-2-3-5-11(9)14-12;1-7-4-5-9-11(13-7)10-8(14-9)3-2-6-12-10;1-7-4-6-13-10-9-8(14-11(7)10)3-2-5-12-9/h2-20H,1H3;2-17H,1H3;2-13H,1H3;2-7H,1H3;2*2-6H,1H3. The van der Waals surface area contributed by atoms with Gasteiger partial charge in [0.25, 0.3) is 0 Å². The Labute approximate surface area is 697 Å². The molecule has 12 heterocycles. The van der Waals surface area contributed by atoms with Crippen LogP contribution in [0, 0.1) is 34.6 Å². The van der Waals surface area contributed by atoms with Gasteiger partial charge in [0.1, 0.15) is 27.6 Å². The lowest BCUT2D eigenvalue weighted by Gasteiger charge is -2.10. The van der Waals surface area contributed by atoms with Crippen LogP contribution < -0.4 is 0 Å². The Morgan fingerprint density at radius 2 is 0.645 bits per heavy atom. The van der Waals surface area contributed by atoms with Gasteiger partial charge >= 0.3 is 0 Å². The molecule has 0 aliphatic rings. The molecular weight excluding hydrogens is 1480 g/mol. The molecule has 0 bridgehead atoms. The van der Waals surface area contributed by atoms with Gasteiger partial charge < -0.3 is 31.5 Å². The van der Waals surface area contributed by atoms with Gasteiger partial charge in [-0.25, -0.2) is 4.98 Å². The summed E-state index contributed by atoms with van der Waals surface area (Å²) in [7, 11) is 2.15. The third-order valence-electron chi connectivity index (χ3n) is 22.8. The number of hydrogen-bond donors (Lipinski definition) is 0. The van der Waals surface area contributed by atoms with Crippen LogP contribution in [0.2, 0.25) is 0 Å². The van der Waals surface area contributed by atoms with Crippen molar-refractivity contribution in [1.82, 2.24) is 43.2 Å². The van der Waals surface area contributed by atoms with Crippen molar-refractivity contribution in [3.63, 3.8) is 0 Å². The zero-order chi connectivity index (χ0) is 81.6. The molecule has 0 saturated heterocycles. The quantitative estimate of drug-likeness (QED) is 0.167. The minimum Gasteiger partial charge on any atom is -0.454 e. The van der Waals surface area contributed by atoms with Gasteiger partial charge in [0.05, 0.1) is 38.8 Å². The monoisotopic (exact) mass is 1560 g/mol. The summed E-state index contributed by atoms with van der Waals surface area (Å²) < 4.78 is 26.3. The highest BCUT2D eigenvalue weighted by Gasteiger charge is 2.19. The first kappa shape index (κ1) is 74.1. The lowest BCUT2D eigenvalue weighted by molar-refractivity contribution is 0.662. The fourth-order valence-electron chi connectivity index (χ4n) is 17.1. The van der Waals surface area contributed by atoms with Crippen molar-refractivity contribution < 1.29 is 13.3 Å². The van der Waals surface area contributed by atoms with E-state index in [1.807, 2.05) is 93.7 Å². The highest BCUT2D eigenvalue weighted by atomic mass is 16.3. The van der Waals surface area contributed by atoms with E-state index in [-0.39, 0.29) is 0 Å². The van der Waals surface area contributed by atoms with Crippen LogP contribution in [0.3, 0.4) is 0 Å². The molecule has 12 nitrogen and oxygen atoms in total. The van der Waals surface area contributed by atoms with Crippen molar-refractivity contribution in [3.05, 3.63) is 411 Å². The molecule has 25 aromatic rings. The van der Waals surface area contributed by atoms with Crippen molar-refractivity contribution in [2.24, 2.45) is 7.05 Å². The molecule has 12 aromatic heterocycles. The van der Waals surface area contributed by atoms with Crippen LogP contribution in [0.25, 0.3) is 193 Å².